The average molecular weight is 278 g/mol. The molecule has 0 spiro atoms. The Labute approximate surface area is 122 Å². The summed E-state index contributed by atoms with van der Waals surface area (Å²) < 4.78 is 0. The summed E-state index contributed by atoms with van der Waals surface area (Å²) in [6.07, 6.45) is 17.6. The monoisotopic (exact) mass is 278 g/mol. The van der Waals surface area contributed by atoms with Gasteiger partial charge in [0.05, 0.1) is 0 Å². The van der Waals surface area contributed by atoms with Crippen LogP contribution < -0.4 is 0 Å². The van der Waals surface area contributed by atoms with Crippen molar-refractivity contribution in [3.8, 4) is 0 Å². The smallest absolute Gasteiger partial charge is 0.303 e. The zero-order valence-electron chi connectivity index (χ0n) is 12.4. The molecule has 0 radical (unpaired) electrons. The maximum absolute atomic E-state index is 11.4. The molecule has 0 aliphatic rings. The molecule has 3 heteroatoms. The summed E-state index contributed by atoms with van der Waals surface area (Å²) in [4.78, 5) is 21.7. The van der Waals surface area contributed by atoms with E-state index in [-0.39, 0.29) is 12.2 Å². The summed E-state index contributed by atoms with van der Waals surface area (Å²) in [5, 5.41) is 8.46. The van der Waals surface area contributed by atoms with Gasteiger partial charge in [-0.25, -0.2) is 0 Å². The molecule has 0 aromatic carbocycles. The zero-order chi connectivity index (χ0) is 15.1. The van der Waals surface area contributed by atoms with E-state index in [1.54, 1.807) is 12.2 Å². The van der Waals surface area contributed by atoms with E-state index in [1.165, 1.54) is 0 Å². The third kappa shape index (κ3) is 14.4. The van der Waals surface area contributed by atoms with Gasteiger partial charge in [0.1, 0.15) is 0 Å². The van der Waals surface area contributed by atoms with Crippen molar-refractivity contribution >= 4 is 11.8 Å². The van der Waals surface area contributed by atoms with Crippen molar-refractivity contribution in [3.05, 3.63) is 36.5 Å². The first-order valence-electron chi connectivity index (χ1n) is 7.39. The van der Waals surface area contributed by atoms with Crippen molar-refractivity contribution < 1.29 is 14.7 Å². The van der Waals surface area contributed by atoms with Crippen LogP contribution in [0.2, 0.25) is 0 Å². The van der Waals surface area contributed by atoms with Crippen molar-refractivity contribution in [2.45, 2.75) is 58.3 Å². The summed E-state index contributed by atoms with van der Waals surface area (Å²) >= 11 is 0. The Morgan fingerprint density at radius 2 is 1.75 bits per heavy atom. The quantitative estimate of drug-likeness (QED) is 0.248. The molecule has 20 heavy (non-hydrogen) atoms. The molecule has 0 bridgehead atoms. The molecule has 1 N–H and O–H groups in total. The molecule has 0 aliphatic heterocycles. The molecule has 0 aliphatic carbocycles. The Kier molecular flexibility index (Phi) is 12.7. The Morgan fingerprint density at radius 3 is 2.45 bits per heavy atom. The van der Waals surface area contributed by atoms with Gasteiger partial charge in [0.15, 0.2) is 5.78 Å². The number of hydrogen-bond donors (Lipinski definition) is 1. The highest BCUT2D eigenvalue weighted by Gasteiger charge is 1.94. The number of allylic oxidation sites excluding steroid dienone is 6. The number of carboxylic acid groups (broad SMARTS) is 1. The third-order valence-corrected chi connectivity index (χ3v) is 2.76. The normalized spacial score (nSPS) is 11.8. The highest BCUT2D eigenvalue weighted by Crippen LogP contribution is 2.01. The van der Waals surface area contributed by atoms with Crippen LogP contribution in [0.1, 0.15) is 58.3 Å². The molecule has 0 unspecified atom stereocenters. The topological polar surface area (TPSA) is 54.4 Å². The van der Waals surface area contributed by atoms with Crippen LogP contribution in [-0.4, -0.2) is 16.9 Å². The summed E-state index contributed by atoms with van der Waals surface area (Å²) in [5.41, 5.74) is 0. The second kappa shape index (κ2) is 13.8. The summed E-state index contributed by atoms with van der Waals surface area (Å²) in [7, 11) is 0. The van der Waals surface area contributed by atoms with Gasteiger partial charge in [-0.1, -0.05) is 50.1 Å². The van der Waals surface area contributed by atoms with E-state index in [2.05, 4.69) is 6.92 Å². The first kappa shape index (κ1) is 18.4. The summed E-state index contributed by atoms with van der Waals surface area (Å²) in [6.45, 7) is 2.12. The Hall–Kier alpha value is -1.64. The SMILES string of the molecule is CCCCCC(=O)C=CC=CCC=CCCCC(=O)O. The zero-order valence-corrected chi connectivity index (χ0v) is 12.4. The largest absolute Gasteiger partial charge is 0.481 e. The summed E-state index contributed by atoms with van der Waals surface area (Å²) in [5.74, 6) is -0.556. The first-order valence-corrected chi connectivity index (χ1v) is 7.39. The minimum atomic E-state index is -0.743. The second-order valence-electron chi connectivity index (χ2n) is 4.70. The van der Waals surface area contributed by atoms with Crippen molar-refractivity contribution in [1.29, 1.82) is 0 Å². The number of hydrogen-bond acceptors (Lipinski definition) is 2. The molecule has 0 heterocycles. The van der Waals surface area contributed by atoms with E-state index in [4.69, 9.17) is 5.11 Å². The average Bonchev–Trinajstić information content (AvgIpc) is 2.41. The molecule has 0 amide bonds. The van der Waals surface area contributed by atoms with E-state index in [1.807, 2.05) is 24.3 Å². The van der Waals surface area contributed by atoms with Gasteiger partial charge in [0.25, 0.3) is 0 Å². The van der Waals surface area contributed by atoms with Crippen molar-refractivity contribution in [2.75, 3.05) is 0 Å². The van der Waals surface area contributed by atoms with Crippen LogP contribution in [0.5, 0.6) is 0 Å². The first-order chi connectivity index (χ1) is 9.66. The van der Waals surface area contributed by atoms with Crippen LogP contribution in [0.15, 0.2) is 36.5 Å². The standard InChI is InChI=1S/C17H26O3/c1-2-3-10-13-16(18)14-11-8-6-4-5-7-9-12-15-17(19)20/h5-8,11,14H,2-4,9-10,12-13,15H2,1H3,(H,19,20). The lowest BCUT2D eigenvalue weighted by atomic mass is 10.1. The van der Waals surface area contributed by atoms with Gasteiger partial charge in [-0.05, 0) is 31.8 Å². The summed E-state index contributed by atoms with van der Waals surface area (Å²) in [6, 6.07) is 0. The number of carbonyl (C=O) groups is 2. The van der Waals surface area contributed by atoms with Crippen LogP contribution in [0, 0.1) is 0 Å². The lowest BCUT2D eigenvalue weighted by molar-refractivity contribution is -0.137. The fourth-order valence-electron chi connectivity index (χ4n) is 1.62. The van der Waals surface area contributed by atoms with Crippen LogP contribution in [-0.2, 0) is 9.59 Å². The minimum absolute atomic E-state index is 0.187. The van der Waals surface area contributed by atoms with E-state index in [0.717, 1.165) is 32.1 Å². The number of rotatable bonds is 12. The second-order valence-corrected chi connectivity index (χ2v) is 4.70. The Bertz CT molecular complexity index is 351. The number of aliphatic carboxylic acids is 1. The van der Waals surface area contributed by atoms with Gasteiger partial charge in [0.2, 0.25) is 0 Å². The number of carboxylic acids is 1. The van der Waals surface area contributed by atoms with Crippen molar-refractivity contribution in [3.63, 3.8) is 0 Å². The van der Waals surface area contributed by atoms with Gasteiger partial charge < -0.3 is 5.11 Å². The van der Waals surface area contributed by atoms with Crippen LogP contribution in [0.4, 0.5) is 0 Å². The Balaban J connectivity index is 3.57. The predicted octanol–water partition coefficient (Wildman–Crippen LogP) is 4.45. The van der Waals surface area contributed by atoms with Gasteiger partial charge in [-0.2, -0.15) is 0 Å². The maximum atomic E-state index is 11.4. The maximum Gasteiger partial charge on any atom is 0.303 e. The molecular formula is C17H26O3. The van der Waals surface area contributed by atoms with Crippen molar-refractivity contribution in [1.82, 2.24) is 0 Å². The van der Waals surface area contributed by atoms with Gasteiger partial charge >= 0.3 is 5.97 Å². The highest BCUT2D eigenvalue weighted by atomic mass is 16.4. The van der Waals surface area contributed by atoms with E-state index in [9.17, 15) is 9.59 Å². The number of carbonyl (C=O) groups excluding carboxylic acids is 1. The van der Waals surface area contributed by atoms with Gasteiger partial charge in [-0.15, -0.1) is 0 Å². The fourth-order valence-corrected chi connectivity index (χ4v) is 1.62. The lowest BCUT2D eigenvalue weighted by Gasteiger charge is -1.92. The lowest BCUT2D eigenvalue weighted by Crippen LogP contribution is -1.92. The van der Waals surface area contributed by atoms with Gasteiger partial charge in [-0.3, -0.25) is 9.59 Å². The molecule has 3 nitrogen and oxygen atoms in total. The van der Waals surface area contributed by atoms with E-state index < -0.39 is 5.97 Å². The molecule has 112 valence electrons. The third-order valence-electron chi connectivity index (χ3n) is 2.76. The molecule has 0 aromatic heterocycles. The van der Waals surface area contributed by atoms with E-state index >= 15 is 0 Å². The van der Waals surface area contributed by atoms with Gasteiger partial charge in [0, 0.05) is 12.8 Å². The number of unbranched alkanes of at least 4 members (excludes halogenated alkanes) is 3. The molecule has 0 rings (SSSR count). The fraction of sp³-hybridized carbons (Fsp3) is 0.529. The molecular weight excluding hydrogens is 252 g/mol. The molecule has 0 fully saturated rings. The highest BCUT2D eigenvalue weighted by molar-refractivity contribution is 5.89. The van der Waals surface area contributed by atoms with Crippen LogP contribution >= 0.6 is 0 Å². The molecule has 0 saturated carbocycles. The van der Waals surface area contributed by atoms with Crippen molar-refractivity contribution in [2.24, 2.45) is 0 Å². The molecule has 0 saturated heterocycles. The van der Waals surface area contributed by atoms with Crippen LogP contribution in [0.25, 0.3) is 0 Å². The molecule has 0 aromatic rings. The minimum Gasteiger partial charge on any atom is -0.481 e. The predicted molar refractivity (Wildman–Crippen MR) is 82.7 cm³/mol. The number of ketones is 1. The van der Waals surface area contributed by atoms with E-state index in [0.29, 0.717) is 12.8 Å². The molecule has 0 atom stereocenters. The Morgan fingerprint density at radius 1 is 0.950 bits per heavy atom. The van der Waals surface area contributed by atoms with Crippen LogP contribution in [0.3, 0.4) is 0 Å².